The van der Waals surface area contributed by atoms with E-state index in [4.69, 9.17) is 0 Å². The summed E-state index contributed by atoms with van der Waals surface area (Å²) in [4.78, 5) is 11.9. The van der Waals surface area contributed by atoms with Crippen molar-refractivity contribution in [3.8, 4) is 0 Å². The van der Waals surface area contributed by atoms with E-state index in [1.165, 1.54) is 6.20 Å². The van der Waals surface area contributed by atoms with Crippen LogP contribution in [0.3, 0.4) is 0 Å². The lowest BCUT2D eigenvalue weighted by Crippen LogP contribution is -2.39. The van der Waals surface area contributed by atoms with Gasteiger partial charge in [-0.05, 0) is 11.6 Å². The highest BCUT2D eigenvalue weighted by atomic mass is 16.2. The number of benzene rings is 1. The van der Waals surface area contributed by atoms with Gasteiger partial charge in [0.25, 0.3) is 5.91 Å². The number of rotatable bonds is 1. The van der Waals surface area contributed by atoms with Crippen LogP contribution in [0.5, 0.6) is 0 Å². The van der Waals surface area contributed by atoms with Crippen molar-refractivity contribution in [1.29, 1.82) is 0 Å². The van der Waals surface area contributed by atoms with Gasteiger partial charge in [-0.15, -0.1) is 5.10 Å². The van der Waals surface area contributed by atoms with Crippen LogP contribution in [0.15, 0.2) is 42.6 Å². The van der Waals surface area contributed by atoms with Crippen molar-refractivity contribution < 1.29 is 4.79 Å². The summed E-state index contributed by atoms with van der Waals surface area (Å²) in [6.07, 6.45) is 1.25. The third kappa shape index (κ3) is 1.71. The fourth-order valence-electron chi connectivity index (χ4n) is 1.82. The highest BCUT2D eigenvalue weighted by molar-refractivity contribution is 6.00. The molecule has 2 N–H and O–H groups in total. The van der Waals surface area contributed by atoms with Gasteiger partial charge >= 0.3 is 0 Å². The van der Waals surface area contributed by atoms with E-state index in [2.05, 4.69) is 20.8 Å². The number of carbonyl (C=O) groups is 1. The van der Waals surface area contributed by atoms with Crippen LogP contribution < -0.4 is 10.6 Å². The Morgan fingerprint density at radius 3 is 2.71 bits per heavy atom. The number of anilines is 1. The van der Waals surface area contributed by atoms with Crippen molar-refractivity contribution in [2.45, 2.75) is 6.17 Å². The summed E-state index contributed by atoms with van der Waals surface area (Å²) in [5, 5.41) is 13.7. The maximum absolute atomic E-state index is 11.9. The molecule has 3 rings (SSSR count). The molecule has 17 heavy (non-hydrogen) atoms. The minimum absolute atomic E-state index is 0.137. The molecule has 5 nitrogen and oxygen atoms in total. The summed E-state index contributed by atoms with van der Waals surface area (Å²) in [7, 11) is 0. The largest absolute Gasteiger partial charge is 0.344 e. The average molecular weight is 226 g/mol. The first kappa shape index (κ1) is 9.77. The summed E-state index contributed by atoms with van der Waals surface area (Å²) in [5.74, 6) is 0.382. The molecule has 1 aliphatic rings. The Kier molecular flexibility index (Phi) is 2.22. The average Bonchev–Trinajstić information content (AvgIpc) is 2.40. The second-order valence-corrected chi connectivity index (χ2v) is 3.75. The topological polar surface area (TPSA) is 66.9 Å². The maximum Gasteiger partial charge on any atom is 0.257 e. The van der Waals surface area contributed by atoms with Crippen LogP contribution in [-0.4, -0.2) is 16.1 Å². The lowest BCUT2D eigenvalue weighted by atomic mass is 10.1. The second kappa shape index (κ2) is 3.86. The third-order valence-electron chi connectivity index (χ3n) is 2.65. The van der Waals surface area contributed by atoms with E-state index < -0.39 is 0 Å². The van der Waals surface area contributed by atoms with E-state index in [1.54, 1.807) is 6.07 Å². The zero-order valence-corrected chi connectivity index (χ0v) is 8.92. The number of carbonyl (C=O) groups excluding carboxylic acids is 1. The number of nitrogens with one attached hydrogen (secondary N) is 2. The van der Waals surface area contributed by atoms with E-state index in [1.807, 2.05) is 30.3 Å². The standard InChI is InChI=1S/C12H10N4O/c17-12-9-6-7-13-16-11(9)14-10(15-12)8-4-2-1-3-5-8/h1-7,10H,(H,14,16)(H,15,17). The van der Waals surface area contributed by atoms with Gasteiger partial charge in [-0.1, -0.05) is 30.3 Å². The molecule has 1 aliphatic heterocycles. The van der Waals surface area contributed by atoms with Gasteiger partial charge in [0.2, 0.25) is 0 Å². The minimum atomic E-state index is -0.257. The first-order valence-corrected chi connectivity index (χ1v) is 5.28. The number of hydrogen-bond donors (Lipinski definition) is 2. The molecule has 1 atom stereocenters. The molecule has 0 radical (unpaired) electrons. The Morgan fingerprint density at radius 1 is 1.06 bits per heavy atom. The molecule has 2 aromatic rings. The Morgan fingerprint density at radius 2 is 1.88 bits per heavy atom. The normalized spacial score (nSPS) is 17.9. The maximum atomic E-state index is 11.9. The minimum Gasteiger partial charge on any atom is -0.344 e. The van der Waals surface area contributed by atoms with Gasteiger partial charge in [-0.25, -0.2) is 0 Å². The van der Waals surface area contributed by atoms with Crippen molar-refractivity contribution in [2.24, 2.45) is 0 Å². The smallest absolute Gasteiger partial charge is 0.257 e. The van der Waals surface area contributed by atoms with Crippen LogP contribution in [0.25, 0.3) is 0 Å². The molecule has 0 fully saturated rings. The SMILES string of the molecule is O=C1NC(c2ccccc2)Nc2nnccc21. The van der Waals surface area contributed by atoms with Crippen molar-refractivity contribution in [3.63, 3.8) is 0 Å². The first-order valence-electron chi connectivity index (χ1n) is 5.28. The fraction of sp³-hybridized carbons (Fsp3) is 0.0833. The summed E-state index contributed by atoms with van der Waals surface area (Å²) in [6.45, 7) is 0. The third-order valence-corrected chi connectivity index (χ3v) is 2.65. The number of hydrogen-bond acceptors (Lipinski definition) is 4. The lowest BCUT2D eigenvalue weighted by Gasteiger charge is -2.26. The number of nitrogens with zero attached hydrogens (tertiary/aromatic N) is 2. The molecule has 1 amide bonds. The van der Waals surface area contributed by atoms with Crippen LogP contribution in [0.2, 0.25) is 0 Å². The zero-order chi connectivity index (χ0) is 11.7. The zero-order valence-electron chi connectivity index (χ0n) is 8.92. The van der Waals surface area contributed by atoms with E-state index in [-0.39, 0.29) is 12.1 Å². The molecule has 0 bridgehead atoms. The fourth-order valence-corrected chi connectivity index (χ4v) is 1.82. The van der Waals surface area contributed by atoms with Gasteiger partial charge in [0, 0.05) is 0 Å². The summed E-state index contributed by atoms with van der Waals surface area (Å²) in [6, 6.07) is 11.3. The van der Waals surface area contributed by atoms with E-state index in [0.29, 0.717) is 11.4 Å². The van der Waals surface area contributed by atoms with Gasteiger partial charge in [0.15, 0.2) is 5.82 Å². The van der Waals surface area contributed by atoms with Gasteiger partial charge < -0.3 is 10.6 Å². The van der Waals surface area contributed by atoms with Crippen LogP contribution in [0, 0.1) is 0 Å². The van der Waals surface area contributed by atoms with Gasteiger partial charge in [-0.2, -0.15) is 5.10 Å². The molecular weight excluding hydrogens is 216 g/mol. The molecule has 84 valence electrons. The monoisotopic (exact) mass is 226 g/mol. The number of amides is 1. The summed E-state index contributed by atoms with van der Waals surface area (Å²) in [5.41, 5.74) is 1.50. The van der Waals surface area contributed by atoms with Gasteiger partial charge in [-0.3, -0.25) is 4.79 Å². The van der Waals surface area contributed by atoms with Crippen LogP contribution >= 0.6 is 0 Å². The molecule has 0 saturated heterocycles. The predicted octanol–water partition coefficient (Wildman–Crippen LogP) is 1.33. The van der Waals surface area contributed by atoms with Crippen LogP contribution in [0.1, 0.15) is 22.1 Å². The van der Waals surface area contributed by atoms with E-state index in [9.17, 15) is 4.79 Å². The number of aromatic nitrogens is 2. The highest BCUT2D eigenvalue weighted by Crippen LogP contribution is 2.23. The van der Waals surface area contributed by atoms with Crippen LogP contribution in [0.4, 0.5) is 5.82 Å². The van der Waals surface area contributed by atoms with Gasteiger partial charge in [0.1, 0.15) is 6.17 Å². The molecule has 0 spiro atoms. The Balaban J connectivity index is 1.97. The molecule has 0 saturated carbocycles. The Hall–Kier alpha value is -2.43. The summed E-state index contributed by atoms with van der Waals surface area (Å²) >= 11 is 0. The summed E-state index contributed by atoms with van der Waals surface area (Å²) < 4.78 is 0. The predicted molar refractivity (Wildman–Crippen MR) is 62.3 cm³/mol. The van der Waals surface area contributed by atoms with E-state index in [0.717, 1.165) is 5.56 Å². The molecule has 1 aromatic carbocycles. The van der Waals surface area contributed by atoms with Crippen molar-refractivity contribution in [2.75, 3.05) is 5.32 Å². The molecule has 0 aliphatic carbocycles. The van der Waals surface area contributed by atoms with Crippen LogP contribution in [-0.2, 0) is 0 Å². The first-order chi connectivity index (χ1) is 8.34. The quantitative estimate of drug-likeness (QED) is 0.769. The van der Waals surface area contributed by atoms with E-state index >= 15 is 0 Å². The second-order valence-electron chi connectivity index (χ2n) is 3.75. The number of fused-ring (bicyclic) bond motifs is 1. The molecule has 5 heteroatoms. The molecule has 1 unspecified atom stereocenters. The van der Waals surface area contributed by atoms with Crippen molar-refractivity contribution in [3.05, 3.63) is 53.7 Å². The van der Waals surface area contributed by atoms with Crippen molar-refractivity contribution in [1.82, 2.24) is 15.5 Å². The Labute approximate surface area is 97.9 Å². The molecule has 1 aromatic heterocycles. The lowest BCUT2D eigenvalue weighted by molar-refractivity contribution is 0.0934. The molecule has 2 heterocycles. The van der Waals surface area contributed by atoms with Gasteiger partial charge in [0.05, 0.1) is 11.8 Å². The Bertz CT molecular complexity index is 555. The highest BCUT2D eigenvalue weighted by Gasteiger charge is 2.25. The molecular formula is C12H10N4O. The van der Waals surface area contributed by atoms with Crippen molar-refractivity contribution >= 4 is 11.7 Å².